The molecule has 2 N–H and O–H groups in total. The molecule has 3 heteroatoms. The van der Waals surface area contributed by atoms with Gasteiger partial charge in [0.05, 0.1) is 12.2 Å². The molecule has 2 rings (SSSR count). The van der Waals surface area contributed by atoms with E-state index in [1.54, 1.807) is 0 Å². The summed E-state index contributed by atoms with van der Waals surface area (Å²) in [5, 5.41) is 13.1. The number of ether oxygens (including phenoxy) is 1. The molecule has 0 aromatic heterocycles. The molecule has 1 fully saturated rings. The summed E-state index contributed by atoms with van der Waals surface area (Å²) in [6, 6.07) is 10.4. The van der Waals surface area contributed by atoms with Crippen LogP contribution in [0.2, 0.25) is 0 Å². The molecule has 16 heavy (non-hydrogen) atoms. The van der Waals surface area contributed by atoms with E-state index in [0.29, 0.717) is 6.61 Å². The van der Waals surface area contributed by atoms with Gasteiger partial charge in [-0.1, -0.05) is 30.3 Å². The van der Waals surface area contributed by atoms with Crippen molar-refractivity contribution in [1.82, 2.24) is 5.32 Å². The lowest BCUT2D eigenvalue weighted by Gasteiger charge is -2.22. The first-order valence-corrected chi connectivity index (χ1v) is 5.84. The van der Waals surface area contributed by atoms with Crippen molar-refractivity contribution >= 4 is 0 Å². The maximum atomic E-state index is 9.69. The SMILES string of the molecule is C[C@H](NCc1ccccc1)[C@@H]1OCC[C@@H]1O. The number of aliphatic hydroxyl groups excluding tert-OH is 1. The third-order valence-corrected chi connectivity index (χ3v) is 3.07. The van der Waals surface area contributed by atoms with E-state index in [1.807, 2.05) is 18.2 Å². The van der Waals surface area contributed by atoms with Crippen molar-refractivity contribution in [2.75, 3.05) is 6.61 Å². The normalized spacial score (nSPS) is 26.9. The van der Waals surface area contributed by atoms with Gasteiger partial charge in [-0.25, -0.2) is 0 Å². The second-order valence-corrected chi connectivity index (χ2v) is 4.35. The molecule has 1 aliphatic heterocycles. The van der Waals surface area contributed by atoms with Crippen molar-refractivity contribution in [2.45, 2.75) is 38.1 Å². The second-order valence-electron chi connectivity index (χ2n) is 4.35. The van der Waals surface area contributed by atoms with Gasteiger partial charge in [0.1, 0.15) is 0 Å². The van der Waals surface area contributed by atoms with Crippen molar-refractivity contribution in [1.29, 1.82) is 0 Å². The van der Waals surface area contributed by atoms with Gasteiger partial charge in [-0.15, -0.1) is 0 Å². The lowest BCUT2D eigenvalue weighted by Crippen LogP contribution is -2.42. The van der Waals surface area contributed by atoms with Gasteiger partial charge < -0.3 is 15.2 Å². The fourth-order valence-corrected chi connectivity index (χ4v) is 2.07. The highest BCUT2D eigenvalue weighted by Gasteiger charge is 2.30. The Bertz CT molecular complexity index is 315. The number of benzene rings is 1. The molecule has 3 atom stereocenters. The van der Waals surface area contributed by atoms with Crippen molar-refractivity contribution < 1.29 is 9.84 Å². The molecular weight excluding hydrogens is 202 g/mol. The predicted octanol–water partition coefficient (Wildman–Crippen LogP) is 1.31. The summed E-state index contributed by atoms with van der Waals surface area (Å²) in [5.41, 5.74) is 1.25. The van der Waals surface area contributed by atoms with Crippen LogP contribution in [-0.4, -0.2) is 30.0 Å². The first-order valence-electron chi connectivity index (χ1n) is 5.84. The topological polar surface area (TPSA) is 41.5 Å². The molecule has 0 radical (unpaired) electrons. The Labute approximate surface area is 96.4 Å². The molecule has 0 saturated carbocycles. The molecule has 1 aromatic carbocycles. The van der Waals surface area contributed by atoms with Crippen LogP contribution in [-0.2, 0) is 11.3 Å². The molecule has 1 aliphatic rings. The monoisotopic (exact) mass is 221 g/mol. The van der Waals surface area contributed by atoms with Gasteiger partial charge in [-0.3, -0.25) is 0 Å². The number of rotatable bonds is 4. The summed E-state index contributed by atoms with van der Waals surface area (Å²) >= 11 is 0. The van der Waals surface area contributed by atoms with Crippen LogP contribution < -0.4 is 5.32 Å². The van der Waals surface area contributed by atoms with E-state index in [0.717, 1.165) is 13.0 Å². The highest BCUT2D eigenvalue weighted by atomic mass is 16.5. The Kier molecular flexibility index (Phi) is 3.93. The predicted molar refractivity (Wildman–Crippen MR) is 63.1 cm³/mol. The van der Waals surface area contributed by atoms with Gasteiger partial charge in [-0.2, -0.15) is 0 Å². The van der Waals surface area contributed by atoms with Crippen LogP contribution >= 0.6 is 0 Å². The number of aliphatic hydroxyl groups is 1. The summed E-state index contributed by atoms with van der Waals surface area (Å²) in [7, 11) is 0. The summed E-state index contributed by atoms with van der Waals surface area (Å²) in [6.45, 7) is 3.54. The Balaban J connectivity index is 1.81. The van der Waals surface area contributed by atoms with Crippen LogP contribution in [0.3, 0.4) is 0 Å². The fraction of sp³-hybridized carbons (Fsp3) is 0.538. The third-order valence-electron chi connectivity index (χ3n) is 3.07. The smallest absolute Gasteiger partial charge is 0.0984 e. The van der Waals surface area contributed by atoms with Crippen LogP contribution in [0, 0.1) is 0 Å². The Morgan fingerprint density at radius 3 is 2.81 bits per heavy atom. The average Bonchev–Trinajstić information content (AvgIpc) is 2.74. The lowest BCUT2D eigenvalue weighted by atomic mass is 10.1. The molecule has 1 heterocycles. The Morgan fingerprint density at radius 2 is 2.19 bits per heavy atom. The van der Waals surface area contributed by atoms with Crippen molar-refractivity contribution in [2.24, 2.45) is 0 Å². The number of hydrogen-bond acceptors (Lipinski definition) is 3. The molecular formula is C13H19NO2. The van der Waals surface area contributed by atoms with Crippen LogP contribution in [0.25, 0.3) is 0 Å². The first-order chi connectivity index (χ1) is 7.77. The first kappa shape index (κ1) is 11.6. The minimum atomic E-state index is -0.321. The third kappa shape index (κ3) is 2.82. The summed E-state index contributed by atoms with van der Waals surface area (Å²) < 4.78 is 5.50. The van der Waals surface area contributed by atoms with E-state index in [-0.39, 0.29) is 18.2 Å². The zero-order chi connectivity index (χ0) is 11.4. The van der Waals surface area contributed by atoms with Gasteiger partial charge in [-0.05, 0) is 18.9 Å². The molecule has 88 valence electrons. The summed E-state index contributed by atoms with van der Waals surface area (Å²) in [6.07, 6.45) is 0.365. The minimum Gasteiger partial charge on any atom is -0.390 e. The Hall–Kier alpha value is -0.900. The van der Waals surface area contributed by atoms with Crippen molar-refractivity contribution in [3.05, 3.63) is 35.9 Å². The van der Waals surface area contributed by atoms with Gasteiger partial charge in [0.2, 0.25) is 0 Å². The number of hydrogen-bond donors (Lipinski definition) is 2. The van der Waals surface area contributed by atoms with Crippen LogP contribution in [0.15, 0.2) is 30.3 Å². The quantitative estimate of drug-likeness (QED) is 0.805. The maximum absolute atomic E-state index is 9.69. The second kappa shape index (κ2) is 5.43. The van der Waals surface area contributed by atoms with Crippen molar-refractivity contribution in [3.8, 4) is 0 Å². The van der Waals surface area contributed by atoms with E-state index in [2.05, 4.69) is 24.4 Å². The molecule has 1 aromatic rings. The average molecular weight is 221 g/mol. The molecule has 0 aliphatic carbocycles. The van der Waals surface area contributed by atoms with Crippen molar-refractivity contribution in [3.63, 3.8) is 0 Å². The molecule has 1 saturated heterocycles. The minimum absolute atomic E-state index is 0.0660. The van der Waals surface area contributed by atoms with Gasteiger partial charge in [0.15, 0.2) is 0 Å². The Morgan fingerprint density at radius 1 is 1.44 bits per heavy atom. The van der Waals surface area contributed by atoms with Gasteiger partial charge in [0, 0.05) is 19.2 Å². The molecule has 0 bridgehead atoms. The summed E-state index contributed by atoms with van der Waals surface area (Å²) in [4.78, 5) is 0. The van der Waals surface area contributed by atoms with Crippen LogP contribution in [0.5, 0.6) is 0 Å². The van der Waals surface area contributed by atoms with Crippen LogP contribution in [0.1, 0.15) is 18.9 Å². The largest absolute Gasteiger partial charge is 0.390 e. The van der Waals surface area contributed by atoms with Crippen LogP contribution in [0.4, 0.5) is 0 Å². The fourth-order valence-electron chi connectivity index (χ4n) is 2.07. The zero-order valence-electron chi connectivity index (χ0n) is 9.60. The van der Waals surface area contributed by atoms with E-state index >= 15 is 0 Å². The lowest BCUT2D eigenvalue weighted by molar-refractivity contribution is 0.0199. The van der Waals surface area contributed by atoms with E-state index in [4.69, 9.17) is 4.74 Å². The van der Waals surface area contributed by atoms with E-state index in [1.165, 1.54) is 5.56 Å². The van der Waals surface area contributed by atoms with Gasteiger partial charge >= 0.3 is 0 Å². The van der Waals surface area contributed by atoms with E-state index in [9.17, 15) is 5.11 Å². The summed E-state index contributed by atoms with van der Waals surface area (Å²) in [5.74, 6) is 0. The maximum Gasteiger partial charge on any atom is 0.0984 e. The molecule has 3 nitrogen and oxygen atoms in total. The zero-order valence-corrected chi connectivity index (χ0v) is 9.60. The van der Waals surface area contributed by atoms with Gasteiger partial charge in [0.25, 0.3) is 0 Å². The van der Waals surface area contributed by atoms with E-state index < -0.39 is 0 Å². The standard InChI is InChI=1S/C13H19NO2/c1-10(13-12(15)7-8-16-13)14-9-11-5-3-2-4-6-11/h2-6,10,12-15H,7-9H2,1H3/t10-,12-,13-/m0/s1. The molecule has 0 unspecified atom stereocenters. The number of nitrogens with one attached hydrogen (secondary N) is 1. The molecule has 0 spiro atoms. The molecule has 0 amide bonds. The highest BCUT2D eigenvalue weighted by molar-refractivity contribution is 5.14. The highest BCUT2D eigenvalue weighted by Crippen LogP contribution is 2.16.